The monoisotopic (exact) mass is 366 g/mol. The van der Waals surface area contributed by atoms with Crippen molar-refractivity contribution in [2.24, 2.45) is 0 Å². The van der Waals surface area contributed by atoms with Gasteiger partial charge in [0, 0.05) is 44.4 Å². The quantitative estimate of drug-likeness (QED) is 0.737. The van der Waals surface area contributed by atoms with Crippen molar-refractivity contribution in [1.82, 2.24) is 9.80 Å². The molecule has 0 spiro atoms. The van der Waals surface area contributed by atoms with E-state index >= 15 is 0 Å². The molecule has 0 radical (unpaired) electrons. The summed E-state index contributed by atoms with van der Waals surface area (Å²) in [6.45, 7) is 3.91. The number of carbonyl (C=O) groups excluding carboxylic acids is 1. The van der Waals surface area contributed by atoms with Gasteiger partial charge < -0.3 is 14.4 Å². The van der Waals surface area contributed by atoms with Crippen molar-refractivity contribution in [2.75, 3.05) is 40.4 Å². The van der Waals surface area contributed by atoms with E-state index in [1.165, 1.54) is 0 Å². The van der Waals surface area contributed by atoms with Gasteiger partial charge >= 0.3 is 0 Å². The van der Waals surface area contributed by atoms with Gasteiger partial charge in [0.2, 0.25) is 5.91 Å². The van der Waals surface area contributed by atoms with Gasteiger partial charge in [-0.25, -0.2) is 0 Å². The maximum Gasteiger partial charge on any atom is 0.246 e. The summed E-state index contributed by atoms with van der Waals surface area (Å²) < 4.78 is 10.8. The highest BCUT2D eigenvalue weighted by molar-refractivity contribution is 5.91. The molecule has 5 heteroatoms. The van der Waals surface area contributed by atoms with E-state index in [1.54, 1.807) is 20.3 Å². The normalized spacial score (nSPS) is 15.1. The topological polar surface area (TPSA) is 42.0 Å². The van der Waals surface area contributed by atoms with E-state index in [0.717, 1.165) is 55.3 Å². The molecule has 1 aliphatic heterocycles. The number of piperazine rings is 1. The van der Waals surface area contributed by atoms with E-state index in [0.29, 0.717) is 0 Å². The van der Waals surface area contributed by atoms with E-state index in [4.69, 9.17) is 9.47 Å². The third kappa shape index (κ3) is 5.11. The maximum atomic E-state index is 12.4. The lowest BCUT2D eigenvalue weighted by Gasteiger charge is -2.34. The summed E-state index contributed by atoms with van der Waals surface area (Å²) in [7, 11) is 3.35. The standard InChI is InChI=1S/C22H26N2O3/c1-26-20-9-10-21(27-2)19(16-20)17-23-12-14-24(15-13-23)22(25)11-8-18-6-4-3-5-7-18/h3-11,16H,12-15,17H2,1-2H3/b11-8+. The Morgan fingerprint density at radius 1 is 1.00 bits per heavy atom. The summed E-state index contributed by atoms with van der Waals surface area (Å²) in [6, 6.07) is 15.7. The van der Waals surface area contributed by atoms with Gasteiger partial charge in [0.1, 0.15) is 11.5 Å². The molecular formula is C22H26N2O3. The zero-order chi connectivity index (χ0) is 19.1. The minimum absolute atomic E-state index is 0.0671. The fraction of sp³-hybridized carbons (Fsp3) is 0.318. The van der Waals surface area contributed by atoms with Crippen molar-refractivity contribution < 1.29 is 14.3 Å². The zero-order valence-corrected chi connectivity index (χ0v) is 15.9. The Kier molecular flexibility index (Phi) is 6.49. The largest absolute Gasteiger partial charge is 0.497 e. The van der Waals surface area contributed by atoms with E-state index in [-0.39, 0.29) is 5.91 Å². The van der Waals surface area contributed by atoms with Gasteiger partial charge in [0.05, 0.1) is 14.2 Å². The molecular weight excluding hydrogens is 340 g/mol. The number of carbonyl (C=O) groups is 1. The SMILES string of the molecule is COc1ccc(OC)c(CN2CCN(C(=O)/C=C/c3ccccc3)CC2)c1. The first kappa shape index (κ1) is 19.0. The maximum absolute atomic E-state index is 12.4. The highest BCUT2D eigenvalue weighted by Crippen LogP contribution is 2.25. The van der Waals surface area contributed by atoms with Gasteiger partial charge in [-0.05, 0) is 29.8 Å². The Morgan fingerprint density at radius 2 is 1.74 bits per heavy atom. The van der Waals surface area contributed by atoms with Crippen LogP contribution in [-0.2, 0) is 11.3 Å². The Morgan fingerprint density at radius 3 is 2.41 bits per heavy atom. The van der Waals surface area contributed by atoms with Gasteiger partial charge in [0.25, 0.3) is 0 Å². The van der Waals surface area contributed by atoms with Crippen molar-refractivity contribution in [3.8, 4) is 11.5 Å². The van der Waals surface area contributed by atoms with E-state index < -0.39 is 0 Å². The first-order valence-corrected chi connectivity index (χ1v) is 9.15. The van der Waals surface area contributed by atoms with Crippen molar-refractivity contribution in [1.29, 1.82) is 0 Å². The minimum atomic E-state index is 0.0671. The number of methoxy groups -OCH3 is 2. The number of benzene rings is 2. The van der Waals surface area contributed by atoms with Crippen LogP contribution in [-0.4, -0.2) is 56.1 Å². The number of rotatable bonds is 6. The molecule has 0 N–H and O–H groups in total. The third-order valence-corrected chi connectivity index (χ3v) is 4.78. The molecule has 0 aromatic heterocycles. The molecule has 0 bridgehead atoms. The molecule has 27 heavy (non-hydrogen) atoms. The van der Waals surface area contributed by atoms with Gasteiger partial charge in [0.15, 0.2) is 0 Å². The number of amides is 1. The van der Waals surface area contributed by atoms with Crippen LogP contribution in [0, 0.1) is 0 Å². The zero-order valence-electron chi connectivity index (χ0n) is 15.9. The molecule has 1 saturated heterocycles. The first-order valence-electron chi connectivity index (χ1n) is 9.15. The number of hydrogen-bond donors (Lipinski definition) is 0. The van der Waals surface area contributed by atoms with Gasteiger partial charge in [-0.3, -0.25) is 9.69 Å². The van der Waals surface area contributed by atoms with Crippen LogP contribution in [0.15, 0.2) is 54.6 Å². The van der Waals surface area contributed by atoms with E-state index in [9.17, 15) is 4.79 Å². The summed E-state index contributed by atoms with van der Waals surface area (Å²) in [4.78, 5) is 16.6. The van der Waals surface area contributed by atoms with E-state index in [2.05, 4.69) is 4.90 Å². The van der Waals surface area contributed by atoms with Crippen molar-refractivity contribution in [3.05, 3.63) is 65.7 Å². The average molecular weight is 366 g/mol. The van der Waals surface area contributed by atoms with Crippen LogP contribution in [0.5, 0.6) is 11.5 Å². The molecule has 2 aromatic rings. The molecule has 0 saturated carbocycles. The van der Waals surface area contributed by atoms with E-state index in [1.807, 2.05) is 59.5 Å². The highest BCUT2D eigenvalue weighted by Gasteiger charge is 2.20. The van der Waals surface area contributed by atoms with Gasteiger partial charge in [-0.15, -0.1) is 0 Å². The molecule has 3 rings (SSSR count). The predicted octanol–water partition coefficient (Wildman–Crippen LogP) is 3.06. The van der Waals surface area contributed by atoms with Crippen molar-refractivity contribution >= 4 is 12.0 Å². The second kappa shape index (κ2) is 9.24. The Bertz CT molecular complexity index is 781. The number of nitrogens with zero attached hydrogens (tertiary/aromatic N) is 2. The summed E-state index contributed by atoms with van der Waals surface area (Å²) in [5.41, 5.74) is 2.13. The molecule has 1 fully saturated rings. The summed E-state index contributed by atoms with van der Waals surface area (Å²) in [6.07, 6.45) is 3.53. The molecule has 142 valence electrons. The molecule has 1 aliphatic rings. The predicted molar refractivity (Wildman–Crippen MR) is 107 cm³/mol. The highest BCUT2D eigenvalue weighted by atomic mass is 16.5. The Labute approximate surface area is 160 Å². The number of hydrogen-bond acceptors (Lipinski definition) is 4. The Balaban J connectivity index is 1.54. The summed E-state index contributed by atoms with van der Waals surface area (Å²) in [5.74, 6) is 1.75. The minimum Gasteiger partial charge on any atom is -0.497 e. The summed E-state index contributed by atoms with van der Waals surface area (Å²) >= 11 is 0. The summed E-state index contributed by atoms with van der Waals surface area (Å²) in [5, 5.41) is 0. The Hall–Kier alpha value is -2.79. The third-order valence-electron chi connectivity index (χ3n) is 4.78. The van der Waals surface area contributed by atoms with Crippen LogP contribution >= 0.6 is 0 Å². The van der Waals surface area contributed by atoms with Crippen LogP contribution in [0.4, 0.5) is 0 Å². The molecule has 1 heterocycles. The fourth-order valence-corrected chi connectivity index (χ4v) is 3.21. The molecule has 0 aliphatic carbocycles. The second-order valence-corrected chi connectivity index (χ2v) is 6.52. The van der Waals surface area contributed by atoms with Crippen LogP contribution in [0.3, 0.4) is 0 Å². The van der Waals surface area contributed by atoms with Crippen molar-refractivity contribution in [2.45, 2.75) is 6.54 Å². The lowest BCUT2D eigenvalue weighted by molar-refractivity contribution is -0.127. The average Bonchev–Trinajstić information content (AvgIpc) is 2.73. The first-order chi connectivity index (χ1) is 13.2. The lowest BCUT2D eigenvalue weighted by Crippen LogP contribution is -2.47. The fourth-order valence-electron chi connectivity index (χ4n) is 3.21. The van der Waals surface area contributed by atoms with Gasteiger partial charge in [-0.2, -0.15) is 0 Å². The lowest BCUT2D eigenvalue weighted by atomic mass is 10.1. The number of ether oxygens (including phenoxy) is 2. The molecule has 1 amide bonds. The van der Waals surface area contributed by atoms with Crippen molar-refractivity contribution in [3.63, 3.8) is 0 Å². The second-order valence-electron chi connectivity index (χ2n) is 6.52. The van der Waals surface area contributed by atoms with Crippen LogP contribution in [0.25, 0.3) is 6.08 Å². The van der Waals surface area contributed by atoms with Crippen LogP contribution in [0.2, 0.25) is 0 Å². The molecule has 0 atom stereocenters. The van der Waals surface area contributed by atoms with Crippen LogP contribution < -0.4 is 9.47 Å². The van der Waals surface area contributed by atoms with Crippen LogP contribution in [0.1, 0.15) is 11.1 Å². The van der Waals surface area contributed by atoms with Gasteiger partial charge in [-0.1, -0.05) is 30.3 Å². The molecule has 2 aromatic carbocycles. The molecule has 5 nitrogen and oxygen atoms in total. The smallest absolute Gasteiger partial charge is 0.246 e. The molecule has 0 unspecified atom stereocenters.